The van der Waals surface area contributed by atoms with Gasteiger partial charge < -0.3 is 13.6 Å². The summed E-state index contributed by atoms with van der Waals surface area (Å²) in [4.78, 5) is 0. The molecule has 0 fully saturated rings. The molecule has 3 heteroatoms. The fourth-order valence-electron chi connectivity index (χ4n) is 7.36. The molecule has 0 bridgehead atoms. The first-order valence-electron chi connectivity index (χ1n) is 16.0. The van der Waals surface area contributed by atoms with Crippen molar-refractivity contribution in [2.75, 3.05) is 0 Å². The maximum absolute atomic E-state index is 6.55. The summed E-state index contributed by atoms with van der Waals surface area (Å²) in [5, 5.41) is 4.71. The highest BCUT2D eigenvalue weighted by Gasteiger charge is 2.20. The molecule has 7 aromatic carbocycles. The maximum atomic E-state index is 6.55. The summed E-state index contributed by atoms with van der Waals surface area (Å²) in [5.41, 5.74) is 13.5. The van der Waals surface area contributed by atoms with E-state index in [-0.39, 0.29) is 0 Å². The third-order valence-electron chi connectivity index (χ3n) is 9.53. The highest BCUT2D eigenvalue weighted by molar-refractivity contribution is 6.17. The van der Waals surface area contributed by atoms with E-state index in [1.807, 2.05) is 6.07 Å². The Morgan fingerprint density at radius 2 is 0.872 bits per heavy atom. The summed E-state index contributed by atoms with van der Waals surface area (Å²) in [7, 11) is 0. The third-order valence-corrected chi connectivity index (χ3v) is 9.53. The van der Waals surface area contributed by atoms with E-state index in [9.17, 15) is 0 Å². The van der Waals surface area contributed by atoms with Crippen LogP contribution in [0, 0.1) is 0 Å². The number of rotatable bonds is 4. The van der Waals surface area contributed by atoms with Crippen LogP contribution in [0.1, 0.15) is 0 Å². The van der Waals surface area contributed by atoms with Crippen molar-refractivity contribution >= 4 is 54.8 Å². The Labute approximate surface area is 271 Å². The number of hydrogen-bond acceptors (Lipinski definition) is 1. The molecular formula is C44H28N2O. The summed E-state index contributed by atoms with van der Waals surface area (Å²) < 4.78 is 11.3. The smallest absolute Gasteiger partial charge is 0.161 e. The molecule has 10 aromatic rings. The van der Waals surface area contributed by atoms with Crippen molar-refractivity contribution in [2.45, 2.75) is 0 Å². The zero-order valence-electron chi connectivity index (χ0n) is 25.5. The third kappa shape index (κ3) is 3.93. The summed E-state index contributed by atoms with van der Waals surface area (Å²) >= 11 is 0. The normalized spacial score (nSPS) is 11.8. The minimum Gasteiger partial charge on any atom is -0.454 e. The minimum absolute atomic E-state index is 0.903. The lowest BCUT2D eigenvalue weighted by Gasteiger charge is -2.10. The van der Waals surface area contributed by atoms with Crippen LogP contribution in [0.2, 0.25) is 0 Å². The molecule has 0 aliphatic heterocycles. The molecule has 0 atom stereocenters. The topological polar surface area (TPSA) is 23.0 Å². The molecule has 47 heavy (non-hydrogen) atoms. The monoisotopic (exact) mass is 600 g/mol. The lowest BCUT2D eigenvalue weighted by atomic mass is 10.0. The lowest BCUT2D eigenvalue weighted by molar-refractivity contribution is 0.673. The lowest BCUT2D eigenvalue weighted by Crippen LogP contribution is -1.94. The first-order valence-corrected chi connectivity index (χ1v) is 16.0. The molecule has 0 aliphatic rings. The highest BCUT2D eigenvalue weighted by Crippen LogP contribution is 2.41. The summed E-state index contributed by atoms with van der Waals surface area (Å²) in [6, 6.07) is 60.7. The molecule has 0 spiro atoms. The van der Waals surface area contributed by atoms with Gasteiger partial charge in [-0.3, -0.25) is 0 Å². The van der Waals surface area contributed by atoms with Gasteiger partial charge in [0.25, 0.3) is 0 Å². The van der Waals surface area contributed by atoms with Crippen LogP contribution in [-0.2, 0) is 0 Å². The highest BCUT2D eigenvalue weighted by atomic mass is 16.3. The van der Waals surface area contributed by atoms with Gasteiger partial charge >= 0.3 is 0 Å². The Hall–Kier alpha value is -6.32. The van der Waals surface area contributed by atoms with E-state index in [0.29, 0.717) is 0 Å². The summed E-state index contributed by atoms with van der Waals surface area (Å²) in [6.07, 6.45) is 0. The molecule has 0 N–H and O–H groups in total. The Morgan fingerprint density at radius 3 is 1.64 bits per heavy atom. The average Bonchev–Trinajstić information content (AvgIpc) is 3.79. The molecule has 0 saturated heterocycles. The fraction of sp³-hybridized carbons (Fsp3) is 0. The number of para-hydroxylation sites is 3. The predicted octanol–water partition coefficient (Wildman–Crippen LogP) is 12.0. The first kappa shape index (κ1) is 26.0. The van der Waals surface area contributed by atoms with Crippen molar-refractivity contribution < 1.29 is 4.42 Å². The second-order valence-electron chi connectivity index (χ2n) is 12.2. The fourth-order valence-corrected chi connectivity index (χ4v) is 7.36. The number of aromatic nitrogens is 2. The van der Waals surface area contributed by atoms with E-state index < -0.39 is 0 Å². The van der Waals surface area contributed by atoms with Crippen LogP contribution in [0.3, 0.4) is 0 Å². The summed E-state index contributed by atoms with van der Waals surface area (Å²) in [5.74, 6) is 0. The number of furan rings is 1. The van der Waals surface area contributed by atoms with Crippen molar-refractivity contribution in [3.63, 3.8) is 0 Å². The Bertz CT molecular complexity index is 2760. The molecule has 0 amide bonds. The van der Waals surface area contributed by atoms with Gasteiger partial charge in [0, 0.05) is 32.9 Å². The zero-order chi connectivity index (χ0) is 30.9. The number of hydrogen-bond donors (Lipinski definition) is 0. The molecule has 0 unspecified atom stereocenters. The Kier molecular flexibility index (Phi) is 5.57. The molecule has 3 nitrogen and oxygen atoms in total. The standard InChI is InChI=1S/C44H28N2O/c1-3-11-29(12-4-1)30-19-23-34(24-20-30)45-39-17-9-7-15-35(39)37-27-31(21-25-40(37)45)32-22-26-41-38(28-32)44-43(36-16-8-10-18-42(36)47-44)46(41)33-13-5-2-6-14-33/h1-28H. The van der Waals surface area contributed by atoms with Gasteiger partial charge in [0.05, 0.1) is 16.6 Å². The average molecular weight is 601 g/mol. The zero-order valence-corrected chi connectivity index (χ0v) is 25.5. The van der Waals surface area contributed by atoms with Crippen LogP contribution in [0.25, 0.3) is 88.4 Å². The van der Waals surface area contributed by atoms with E-state index in [1.54, 1.807) is 0 Å². The Balaban J connectivity index is 1.15. The molecule has 3 heterocycles. The largest absolute Gasteiger partial charge is 0.454 e. The predicted molar refractivity (Wildman–Crippen MR) is 196 cm³/mol. The van der Waals surface area contributed by atoms with E-state index >= 15 is 0 Å². The van der Waals surface area contributed by atoms with Gasteiger partial charge in [0.15, 0.2) is 5.58 Å². The van der Waals surface area contributed by atoms with E-state index in [2.05, 4.69) is 173 Å². The van der Waals surface area contributed by atoms with Crippen LogP contribution in [0.4, 0.5) is 0 Å². The van der Waals surface area contributed by atoms with Gasteiger partial charge in [-0.1, -0.05) is 103 Å². The molecule has 220 valence electrons. The van der Waals surface area contributed by atoms with Crippen molar-refractivity contribution in [3.8, 4) is 33.6 Å². The summed E-state index contributed by atoms with van der Waals surface area (Å²) in [6.45, 7) is 0. The second-order valence-corrected chi connectivity index (χ2v) is 12.2. The molecule has 0 radical (unpaired) electrons. The van der Waals surface area contributed by atoms with Gasteiger partial charge in [-0.15, -0.1) is 0 Å². The van der Waals surface area contributed by atoms with Crippen LogP contribution in [-0.4, -0.2) is 9.13 Å². The first-order chi connectivity index (χ1) is 23.3. The van der Waals surface area contributed by atoms with Gasteiger partial charge in [-0.2, -0.15) is 0 Å². The number of fused-ring (bicyclic) bond motifs is 8. The van der Waals surface area contributed by atoms with Gasteiger partial charge in [-0.25, -0.2) is 0 Å². The second kappa shape index (κ2) is 10.1. The van der Waals surface area contributed by atoms with E-state index in [0.717, 1.165) is 49.9 Å². The van der Waals surface area contributed by atoms with Crippen molar-refractivity contribution in [3.05, 3.63) is 170 Å². The van der Waals surface area contributed by atoms with Crippen LogP contribution in [0.15, 0.2) is 174 Å². The molecule has 3 aromatic heterocycles. The van der Waals surface area contributed by atoms with Crippen molar-refractivity contribution in [1.29, 1.82) is 0 Å². The van der Waals surface area contributed by atoms with Crippen molar-refractivity contribution in [1.82, 2.24) is 9.13 Å². The van der Waals surface area contributed by atoms with Gasteiger partial charge in [0.2, 0.25) is 0 Å². The van der Waals surface area contributed by atoms with E-state index in [1.165, 1.54) is 38.5 Å². The molecule has 0 aliphatic carbocycles. The maximum Gasteiger partial charge on any atom is 0.161 e. The van der Waals surface area contributed by atoms with Crippen molar-refractivity contribution in [2.24, 2.45) is 0 Å². The molecule has 0 saturated carbocycles. The minimum atomic E-state index is 0.903. The SMILES string of the molecule is c1ccc(-c2ccc(-n3c4ccccc4c4cc(-c5ccc6c(c5)c5oc7ccccc7c5n6-c5ccccc5)ccc43)cc2)cc1. The van der Waals surface area contributed by atoms with Crippen LogP contribution >= 0.6 is 0 Å². The quantitative estimate of drug-likeness (QED) is 0.197. The number of nitrogens with zero attached hydrogens (tertiary/aromatic N) is 2. The molecular weight excluding hydrogens is 572 g/mol. The Morgan fingerprint density at radius 1 is 0.340 bits per heavy atom. The van der Waals surface area contributed by atoms with E-state index in [4.69, 9.17) is 4.42 Å². The van der Waals surface area contributed by atoms with Gasteiger partial charge in [-0.05, 0) is 89.0 Å². The van der Waals surface area contributed by atoms with Crippen LogP contribution in [0.5, 0.6) is 0 Å². The van der Waals surface area contributed by atoms with Gasteiger partial charge in [0.1, 0.15) is 11.1 Å². The number of benzene rings is 7. The van der Waals surface area contributed by atoms with Crippen LogP contribution < -0.4 is 0 Å². The molecule has 10 rings (SSSR count).